The molecule has 12 heterocycles. The molecule has 6 N–H and O–H groups in total. The maximum atomic E-state index is 11.0. The molecule has 690 valence electrons. The minimum atomic E-state index is -0.168. The first-order valence-electron chi connectivity index (χ1n) is 41.4. The van der Waals surface area contributed by atoms with Crippen LogP contribution < -0.4 is 32.9 Å². The summed E-state index contributed by atoms with van der Waals surface area (Å²) in [4.78, 5) is 97.1. The summed E-state index contributed by atoms with van der Waals surface area (Å²) in [7, 11) is 0. The van der Waals surface area contributed by atoms with Gasteiger partial charge in [-0.3, -0.25) is 57.1 Å². The van der Waals surface area contributed by atoms with Gasteiger partial charge >= 0.3 is 0 Å². The molecule has 4 amide bonds. The number of nitrogens with one attached hydrogen (secondary N) is 6. The Morgan fingerprint density at radius 1 is 0.488 bits per heavy atom. The third-order valence-corrected chi connectivity index (χ3v) is 19.7. The summed E-state index contributed by atoms with van der Waals surface area (Å²) in [5.74, 6) is 2.21. The number of hydrogen-bond donors (Lipinski definition) is 6. The zero-order valence-corrected chi connectivity index (χ0v) is 84.1. The molecule has 0 unspecified atom stereocenters. The normalized spacial score (nSPS) is 13.9. The average molecular weight is 1790 g/mol. The number of H-pyrrole nitrogens is 4. The van der Waals surface area contributed by atoms with Crippen molar-refractivity contribution in [2.45, 2.75) is 316 Å². The largest absolute Gasteiger partial charge is 0.387 e. The van der Waals surface area contributed by atoms with Crippen LogP contribution in [0, 0.1) is 66.1 Å². The summed E-state index contributed by atoms with van der Waals surface area (Å²) in [5, 5.41) is 38.8. The Kier molecular flexibility index (Phi) is 45.7. The summed E-state index contributed by atoms with van der Waals surface area (Å²) in [5.41, 5.74) is 11.2. The molecular formula is C89H148N18O12S4. The molecule has 34 heteroatoms. The molecule has 0 spiro atoms. The number of nitrogens with zero attached hydrogens (tertiary/aromatic N) is 12. The predicted molar refractivity (Wildman–Crippen MR) is 500 cm³/mol. The van der Waals surface area contributed by atoms with Crippen LogP contribution in [0.2, 0.25) is 0 Å². The van der Waals surface area contributed by atoms with Gasteiger partial charge in [-0.25, -0.2) is 10.0 Å². The molecule has 0 aliphatic carbocycles. The fraction of sp³-hybridized carbons (Fsp3) is 0.663. The maximum Gasteiger partial charge on any atom is 0.283 e. The van der Waals surface area contributed by atoms with E-state index in [1.54, 1.807) is 35.4 Å². The van der Waals surface area contributed by atoms with Crippen molar-refractivity contribution < 1.29 is 37.3 Å². The lowest BCUT2D eigenvalue weighted by Crippen LogP contribution is -2.31. The summed E-state index contributed by atoms with van der Waals surface area (Å²) >= 11 is 5.96. The summed E-state index contributed by atoms with van der Waals surface area (Å²) in [6, 6.07) is 7.43. The van der Waals surface area contributed by atoms with Gasteiger partial charge in [-0.1, -0.05) is 258 Å². The number of amides is 4. The van der Waals surface area contributed by atoms with Crippen molar-refractivity contribution >= 4 is 81.2 Å². The second-order valence-electron chi connectivity index (χ2n) is 41.4. The summed E-state index contributed by atoms with van der Waals surface area (Å²) in [6.45, 7) is 79.2. The zero-order valence-electron chi connectivity index (χ0n) is 80.8. The molecule has 8 aromatic rings. The highest BCUT2D eigenvalue weighted by Gasteiger charge is 2.27. The zero-order chi connectivity index (χ0) is 94.8. The Morgan fingerprint density at radius 2 is 1.04 bits per heavy atom. The number of aromatic nitrogens is 8. The van der Waals surface area contributed by atoms with Gasteiger partial charge in [-0.15, -0.1) is 0 Å². The first-order chi connectivity index (χ1) is 56.1. The number of aromatic amines is 4. The van der Waals surface area contributed by atoms with Gasteiger partial charge < -0.3 is 28.7 Å². The third kappa shape index (κ3) is 49.9. The summed E-state index contributed by atoms with van der Waals surface area (Å²) in [6.07, 6.45) is 8.21. The molecule has 4 aliphatic rings. The van der Waals surface area contributed by atoms with Crippen LogP contribution in [-0.2, 0) is 61.1 Å². The summed E-state index contributed by atoms with van der Waals surface area (Å²) < 4.78 is 33.2. The number of carbonyl (C=O) groups is 4. The first-order valence-corrected chi connectivity index (χ1v) is 44.7. The second-order valence-corrected chi connectivity index (χ2v) is 44.5. The van der Waals surface area contributed by atoms with Crippen molar-refractivity contribution in [2.24, 2.45) is 69.1 Å². The van der Waals surface area contributed by atoms with E-state index in [1.165, 1.54) is 67.1 Å². The molecule has 30 nitrogen and oxygen atoms in total. The molecule has 0 fully saturated rings. The quantitative estimate of drug-likeness (QED) is 0.0782. The molecule has 0 radical (unpaired) electrons. The number of rotatable bonds is 9. The van der Waals surface area contributed by atoms with Crippen molar-refractivity contribution in [3.05, 3.63) is 155 Å². The molecular weight excluding hydrogens is 1640 g/mol. The van der Waals surface area contributed by atoms with E-state index in [4.69, 9.17) is 13.6 Å². The van der Waals surface area contributed by atoms with E-state index in [2.05, 4.69) is 248 Å². The van der Waals surface area contributed by atoms with E-state index in [9.17, 15) is 38.4 Å². The highest BCUT2D eigenvalue weighted by molar-refractivity contribution is 7.06. The Labute approximate surface area is 746 Å². The first kappa shape index (κ1) is 112. The number of hydrogen-bond acceptors (Lipinski definition) is 26. The van der Waals surface area contributed by atoms with Gasteiger partial charge in [0.15, 0.2) is 0 Å². The lowest BCUT2D eigenvalue weighted by atomic mass is 9.88. The standard InChI is InChI=1S/2C9H15NO.2C9H15NS.C8H14N2O.C7H13N3O.C7H11NO2.2C7H11NOS.C6H10N2O.C6H9NO2.C5H9N3O/c1-7-8(6-11-10-7)5-9(2,3)4;1-7-5-8(11-10-7)6-9(2,3)4;1-7-8(6-11-10-7)5-9(2,3)4;1-7-5-8(11-10-7)6-9(2,3)4;1-8(2,3)4-6-7(11)10-5-9-6;1-7(2,3)5-10-6(11)4-8-9-10;2*1-7(2,3)5-4-10-8-6(5)9;1-7(2,3)5-4-6(9)8-10-5;1-4(2)5-6(9)8-3-7-5;1-4(2)5-3-6(8)7-9-5;1-4(2)8-5(9)3-6-7-8/h6H,5H2,1-4H3;5H,6H2,1-4H3;6H,5H2,1-4H3;5H,6H2,1-4H3;4-5H2,1-3H3,(H,10,11);4-5H2,1-3H3;3*4H,1-3H3,(H,8,9);4H,3H2,1-2H3,(H,8,9);3-4H,1-2H3,(H,7,8);4H,3H2,1-2H3. The van der Waals surface area contributed by atoms with E-state index in [0.717, 1.165) is 65.4 Å². The fourth-order valence-corrected chi connectivity index (χ4v) is 13.6. The fourth-order valence-electron chi connectivity index (χ4n) is 10.3. The van der Waals surface area contributed by atoms with Crippen molar-refractivity contribution in [1.29, 1.82) is 0 Å². The monoisotopic (exact) mass is 1790 g/mol. The second kappa shape index (κ2) is 50.2. The van der Waals surface area contributed by atoms with Crippen LogP contribution in [0.5, 0.6) is 0 Å². The lowest BCUT2D eigenvalue weighted by molar-refractivity contribution is -0.129. The topological polar surface area (TPSA) is 409 Å². The van der Waals surface area contributed by atoms with Gasteiger partial charge in [0.25, 0.3) is 45.9 Å². The van der Waals surface area contributed by atoms with Gasteiger partial charge in [-0.2, -0.15) is 29.3 Å². The Bertz CT molecular complexity index is 4660. The molecule has 4 aliphatic heterocycles. The van der Waals surface area contributed by atoms with Crippen LogP contribution in [0.3, 0.4) is 0 Å². The van der Waals surface area contributed by atoms with Gasteiger partial charge in [0.2, 0.25) is 0 Å². The van der Waals surface area contributed by atoms with Crippen molar-refractivity contribution in [3.8, 4) is 0 Å². The predicted octanol–water partition coefficient (Wildman–Crippen LogP) is 20.0. The number of aryl methyl sites for hydroxylation is 4. The van der Waals surface area contributed by atoms with Crippen LogP contribution in [0.15, 0.2) is 115 Å². The molecule has 0 aromatic carbocycles. The molecule has 0 saturated heterocycles. The van der Waals surface area contributed by atoms with Gasteiger partial charge in [-0.05, 0) is 151 Å². The minimum Gasteiger partial charge on any atom is -0.387 e. The molecule has 12 rings (SSSR count). The molecule has 0 atom stereocenters. The third-order valence-electron chi connectivity index (χ3n) is 16.2. The van der Waals surface area contributed by atoms with Crippen LogP contribution >= 0.6 is 46.1 Å². The average Bonchev–Trinajstić information content (AvgIpc) is 1.72. The SMILES string of the molecule is CC(C)(C)CC1=NCNC1=O.CC(C)(C)CN1N=NCC1=O.CC(C)(C)c1cc(=O)[nH]s1.CC(C)(C)c1co[nH]c1=O.CC(C)(C)c1cs[nH]c1=O.CC(C)C1=NCNC1=O.CC(C)N1N=NCC1=O.CC(C)c1cc(=O)[nH]o1.Cc1cc(CC(C)(C)C)on1.Cc1cc(CC(C)(C)C)sn1.Cc1nocc1CC(C)(C)C.Cc1nscc1CC(C)(C)C. The minimum absolute atomic E-state index is 0.0000694. The van der Waals surface area contributed by atoms with E-state index in [-0.39, 0.29) is 109 Å². The van der Waals surface area contributed by atoms with Crippen LogP contribution in [-0.4, -0.2) is 122 Å². The Hall–Kier alpha value is -9.02. The van der Waals surface area contributed by atoms with Gasteiger partial charge in [0, 0.05) is 68.1 Å². The van der Waals surface area contributed by atoms with E-state index in [1.807, 2.05) is 115 Å². The van der Waals surface area contributed by atoms with E-state index >= 15 is 0 Å². The maximum absolute atomic E-state index is 11.0. The van der Waals surface area contributed by atoms with E-state index < -0.39 is 0 Å². The smallest absolute Gasteiger partial charge is 0.283 e. The van der Waals surface area contributed by atoms with Crippen LogP contribution in [0.1, 0.15) is 307 Å². The van der Waals surface area contributed by atoms with Gasteiger partial charge in [0.05, 0.1) is 40.9 Å². The van der Waals surface area contributed by atoms with E-state index in [0.29, 0.717) is 58.9 Å². The molecule has 0 bridgehead atoms. The van der Waals surface area contributed by atoms with Crippen molar-refractivity contribution in [2.75, 3.05) is 33.0 Å². The van der Waals surface area contributed by atoms with Crippen LogP contribution in [0.25, 0.3) is 0 Å². The Balaban J connectivity index is 0.000000671. The molecule has 8 aromatic heterocycles. The van der Waals surface area contributed by atoms with Crippen molar-refractivity contribution in [1.82, 2.24) is 58.8 Å². The number of aliphatic imine (C=N–C) groups is 2. The van der Waals surface area contributed by atoms with Gasteiger partial charge in [0.1, 0.15) is 61.9 Å². The Morgan fingerprint density at radius 3 is 1.33 bits per heavy atom. The molecule has 123 heavy (non-hydrogen) atoms. The van der Waals surface area contributed by atoms with Crippen LogP contribution in [0.4, 0.5) is 0 Å². The van der Waals surface area contributed by atoms with Crippen molar-refractivity contribution in [3.63, 3.8) is 0 Å². The highest BCUT2D eigenvalue weighted by Crippen LogP contribution is 2.28. The lowest BCUT2D eigenvalue weighted by Gasteiger charge is -2.21. The number of carbonyl (C=O) groups excluding carboxylic acids is 4. The highest BCUT2D eigenvalue weighted by atomic mass is 32.1. The molecule has 0 saturated carbocycles.